The number of likely N-dealkylation sites (tertiary alicyclic amines) is 1. The number of hydrogen-bond donors (Lipinski definition) is 0. The summed E-state index contributed by atoms with van der Waals surface area (Å²) >= 11 is 0. The minimum atomic E-state index is 0.295. The van der Waals surface area contributed by atoms with E-state index in [2.05, 4.69) is 16.7 Å². The molecule has 3 heteroatoms. The molecule has 2 fully saturated rings. The molecule has 0 atom stereocenters. The lowest BCUT2D eigenvalue weighted by molar-refractivity contribution is -0.0629. The molecule has 1 aliphatic carbocycles. The van der Waals surface area contributed by atoms with E-state index in [1.165, 1.54) is 25.7 Å². The molecule has 0 aromatic heterocycles. The SMILES string of the molecule is [C-]#[N+]CC1(C)CCC(N2CC(OC)C2)CC1. The third-order valence-electron chi connectivity index (χ3n) is 4.35. The lowest BCUT2D eigenvalue weighted by atomic mass is 9.73. The van der Waals surface area contributed by atoms with Crippen molar-refractivity contribution in [2.24, 2.45) is 5.41 Å². The van der Waals surface area contributed by atoms with Crippen molar-refractivity contribution in [2.45, 2.75) is 44.8 Å². The predicted molar refractivity (Wildman–Crippen MR) is 64.2 cm³/mol. The topological polar surface area (TPSA) is 16.8 Å². The summed E-state index contributed by atoms with van der Waals surface area (Å²) in [6.45, 7) is 12.2. The smallest absolute Gasteiger partial charge is 0.219 e. The third-order valence-corrected chi connectivity index (χ3v) is 4.35. The summed E-state index contributed by atoms with van der Waals surface area (Å²) in [6, 6.07) is 0.755. The first-order valence-corrected chi connectivity index (χ1v) is 6.27. The van der Waals surface area contributed by atoms with E-state index in [4.69, 9.17) is 11.3 Å². The van der Waals surface area contributed by atoms with Crippen molar-refractivity contribution in [2.75, 3.05) is 26.7 Å². The maximum absolute atomic E-state index is 7.00. The summed E-state index contributed by atoms with van der Waals surface area (Å²) in [5.74, 6) is 0. The maximum Gasteiger partial charge on any atom is 0.219 e. The zero-order chi connectivity index (χ0) is 11.6. The van der Waals surface area contributed by atoms with Crippen LogP contribution in [-0.2, 0) is 4.74 Å². The number of nitrogens with zero attached hydrogens (tertiary/aromatic N) is 2. The first-order valence-electron chi connectivity index (χ1n) is 6.27. The molecule has 16 heavy (non-hydrogen) atoms. The van der Waals surface area contributed by atoms with Crippen LogP contribution in [0, 0.1) is 12.0 Å². The summed E-state index contributed by atoms with van der Waals surface area (Å²) in [6.07, 6.45) is 5.43. The molecule has 0 bridgehead atoms. The lowest BCUT2D eigenvalue weighted by Gasteiger charge is -2.47. The average molecular weight is 222 g/mol. The Morgan fingerprint density at radius 2 is 2.00 bits per heavy atom. The molecular formula is C13H22N2O. The average Bonchev–Trinajstić information content (AvgIpc) is 2.20. The molecule has 0 amide bonds. The molecule has 0 spiro atoms. The van der Waals surface area contributed by atoms with Gasteiger partial charge >= 0.3 is 0 Å². The van der Waals surface area contributed by atoms with Gasteiger partial charge in [0.1, 0.15) is 0 Å². The van der Waals surface area contributed by atoms with E-state index in [1.807, 2.05) is 0 Å². The predicted octanol–water partition coefficient (Wildman–Crippen LogP) is 2.19. The van der Waals surface area contributed by atoms with Crippen LogP contribution in [0.1, 0.15) is 32.6 Å². The molecule has 90 valence electrons. The van der Waals surface area contributed by atoms with Crippen LogP contribution in [-0.4, -0.2) is 43.8 Å². The van der Waals surface area contributed by atoms with Crippen LogP contribution >= 0.6 is 0 Å². The summed E-state index contributed by atoms with van der Waals surface area (Å²) < 4.78 is 5.31. The van der Waals surface area contributed by atoms with Crippen LogP contribution in [0.25, 0.3) is 4.85 Å². The number of rotatable bonds is 3. The van der Waals surface area contributed by atoms with Gasteiger partial charge in [0.05, 0.1) is 6.10 Å². The van der Waals surface area contributed by atoms with Crippen molar-refractivity contribution in [3.63, 3.8) is 0 Å². The van der Waals surface area contributed by atoms with Crippen molar-refractivity contribution in [3.8, 4) is 0 Å². The highest BCUT2D eigenvalue weighted by Crippen LogP contribution is 2.39. The lowest BCUT2D eigenvalue weighted by Crippen LogP contribution is -2.57. The molecule has 2 aliphatic rings. The monoisotopic (exact) mass is 222 g/mol. The summed E-state index contributed by atoms with van der Waals surface area (Å²) in [5.41, 5.74) is 0.295. The van der Waals surface area contributed by atoms with E-state index >= 15 is 0 Å². The largest absolute Gasteiger partial charge is 0.379 e. The van der Waals surface area contributed by atoms with Crippen molar-refractivity contribution in [1.82, 2.24) is 4.90 Å². The van der Waals surface area contributed by atoms with E-state index in [0.29, 0.717) is 18.1 Å². The quantitative estimate of drug-likeness (QED) is 0.681. The molecule has 0 radical (unpaired) electrons. The second-order valence-electron chi connectivity index (χ2n) is 5.67. The molecule has 2 rings (SSSR count). The van der Waals surface area contributed by atoms with Gasteiger partial charge in [-0.2, -0.15) is 0 Å². The fourth-order valence-corrected chi connectivity index (χ4v) is 2.93. The van der Waals surface area contributed by atoms with Crippen LogP contribution < -0.4 is 0 Å². The summed E-state index contributed by atoms with van der Waals surface area (Å²) in [4.78, 5) is 6.12. The van der Waals surface area contributed by atoms with E-state index in [1.54, 1.807) is 7.11 Å². The summed E-state index contributed by atoms with van der Waals surface area (Å²) in [7, 11) is 1.80. The highest BCUT2D eigenvalue weighted by molar-refractivity contribution is 4.94. The van der Waals surface area contributed by atoms with Gasteiger partial charge in [0.25, 0.3) is 0 Å². The highest BCUT2D eigenvalue weighted by Gasteiger charge is 2.39. The van der Waals surface area contributed by atoms with E-state index in [-0.39, 0.29) is 0 Å². The Bertz CT molecular complexity index is 270. The molecule has 3 nitrogen and oxygen atoms in total. The van der Waals surface area contributed by atoms with Crippen molar-refractivity contribution in [1.29, 1.82) is 0 Å². The van der Waals surface area contributed by atoms with Gasteiger partial charge in [0.2, 0.25) is 6.54 Å². The number of ether oxygens (including phenoxy) is 1. The van der Waals surface area contributed by atoms with Gasteiger partial charge in [-0.15, -0.1) is 0 Å². The second kappa shape index (κ2) is 4.73. The van der Waals surface area contributed by atoms with Gasteiger partial charge in [0.15, 0.2) is 0 Å². The van der Waals surface area contributed by atoms with Crippen LogP contribution in [0.15, 0.2) is 0 Å². The van der Waals surface area contributed by atoms with Crippen molar-refractivity contribution < 1.29 is 4.74 Å². The van der Waals surface area contributed by atoms with Gasteiger partial charge < -0.3 is 9.58 Å². The minimum absolute atomic E-state index is 0.295. The Kier molecular flexibility index (Phi) is 3.51. The molecular weight excluding hydrogens is 200 g/mol. The minimum Gasteiger partial charge on any atom is -0.379 e. The molecule has 1 saturated carbocycles. The van der Waals surface area contributed by atoms with Gasteiger partial charge in [-0.1, -0.05) is 6.92 Å². The summed E-state index contributed by atoms with van der Waals surface area (Å²) in [5, 5.41) is 0. The third kappa shape index (κ3) is 2.39. The number of methoxy groups -OCH3 is 1. The van der Waals surface area contributed by atoms with Crippen LogP contribution in [0.5, 0.6) is 0 Å². The Morgan fingerprint density at radius 3 is 2.50 bits per heavy atom. The number of hydrogen-bond acceptors (Lipinski definition) is 2. The van der Waals surface area contributed by atoms with Crippen LogP contribution in [0.3, 0.4) is 0 Å². The van der Waals surface area contributed by atoms with E-state index < -0.39 is 0 Å². The molecule has 0 aromatic rings. The highest BCUT2D eigenvalue weighted by atomic mass is 16.5. The van der Waals surface area contributed by atoms with E-state index in [9.17, 15) is 0 Å². The Morgan fingerprint density at radius 1 is 1.38 bits per heavy atom. The van der Waals surface area contributed by atoms with Crippen LogP contribution in [0.4, 0.5) is 0 Å². The molecule has 1 heterocycles. The Labute approximate surface area is 98.6 Å². The standard InChI is InChI=1S/C13H22N2O/c1-13(10-14-2)6-4-11(5-7-13)15-8-12(9-15)16-3/h11-12H,4-10H2,1,3H3. The second-order valence-corrected chi connectivity index (χ2v) is 5.67. The van der Waals surface area contributed by atoms with Crippen molar-refractivity contribution in [3.05, 3.63) is 11.4 Å². The van der Waals surface area contributed by atoms with Crippen LogP contribution in [0.2, 0.25) is 0 Å². The van der Waals surface area contributed by atoms with Gasteiger partial charge in [-0.05, 0) is 25.7 Å². The van der Waals surface area contributed by atoms with Gasteiger partial charge in [0, 0.05) is 31.7 Å². The molecule has 1 aliphatic heterocycles. The fourth-order valence-electron chi connectivity index (χ4n) is 2.93. The maximum atomic E-state index is 7.00. The molecule has 0 unspecified atom stereocenters. The zero-order valence-electron chi connectivity index (χ0n) is 10.4. The van der Waals surface area contributed by atoms with E-state index in [0.717, 1.165) is 19.1 Å². The normalized spacial score (nSPS) is 36.7. The van der Waals surface area contributed by atoms with Gasteiger partial charge in [-0.25, -0.2) is 6.57 Å². The first kappa shape index (κ1) is 11.9. The van der Waals surface area contributed by atoms with Crippen molar-refractivity contribution >= 4 is 0 Å². The molecule has 1 saturated heterocycles. The van der Waals surface area contributed by atoms with Gasteiger partial charge in [-0.3, -0.25) is 4.90 Å². The fraction of sp³-hybridized carbons (Fsp3) is 0.923. The Hall–Kier alpha value is -0.590. The molecule has 0 N–H and O–H groups in total. The molecule has 0 aromatic carbocycles. The zero-order valence-corrected chi connectivity index (χ0v) is 10.4. The first-order chi connectivity index (χ1) is 7.67. The Balaban J connectivity index is 1.76.